The van der Waals surface area contributed by atoms with Crippen molar-refractivity contribution in [2.75, 3.05) is 0 Å². The highest BCUT2D eigenvalue weighted by molar-refractivity contribution is 6.05. The molecule has 3 rings (SSSR count). The summed E-state index contributed by atoms with van der Waals surface area (Å²) in [5.41, 5.74) is 0.285. The molecule has 21 heavy (non-hydrogen) atoms. The Morgan fingerprint density at radius 1 is 0.952 bits per heavy atom. The molecule has 2 aromatic rings. The van der Waals surface area contributed by atoms with Crippen molar-refractivity contribution in [3.63, 3.8) is 0 Å². The number of ether oxygens (including phenoxy) is 1. The molecular weight excluding hydrogens is 276 g/mol. The number of phenolic OH excluding ortho intramolecular Hbond substituents is 2. The van der Waals surface area contributed by atoms with E-state index < -0.39 is 17.7 Å². The molecule has 4 N–H and O–H groups in total. The van der Waals surface area contributed by atoms with Gasteiger partial charge in [0, 0.05) is 6.07 Å². The van der Waals surface area contributed by atoms with Crippen molar-refractivity contribution in [2.24, 2.45) is 0 Å². The average Bonchev–Trinajstić information content (AvgIpc) is 2.44. The molecule has 0 fully saturated rings. The molecule has 1 heterocycles. The van der Waals surface area contributed by atoms with Crippen LogP contribution in [0.25, 0.3) is 0 Å². The molecule has 0 saturated carbocycles. The topological polar surface area (TPSA) is 107 Å². The van der Waals surface area contributed by atoms with Crippen molar-refractivity contribution < 1.29 is 30.0 Å². The Morgan fingerprint density at radius 3 is 2.24 bits per heavy atom. The summed E-state index contributed by atoms with van der Waals surface area (Å²) in [6.07, 6.45) is -1.36. The number of aromatic hydroxyl groups is 2. The summed E-state index contributed by atoms with van der Waals surface area (Å²) in [5, 5.41) is 38.9. The number of benzene rings is 2. The Kier molecular flexibility index (Phi) is 2.86. The van der Waals surface area contributed by atoms with Gasteiger partial charge in [0.15, 0.2) is 6.10 Å². The third-order valence-electron chi connectivity index (χ3n) is 3.35. The quantitative estimate of drug-likeness (QED) is 0.585. The van der Waals surface area contributed by atoms with E-state index >= 15 is 0 Å². The lowest BCUT2D eigenvalue weighted by molar-refractivity contribution is -0.186. The number of ketones is 1. The van der Waals surface area contributed by atoms with Crippen LogP contribution in [0.2, 0.25) is 0 Å². The molecule has 1 aliphatic rings. The normalized spacial score (nSPS) is 19.7. The lowest BCUT2D eigenvalue weighted by Crippen LogP contribution is -2.49. The Morgan fingerprint density at radius 2 is 1.57 bits per heavy atom. The monoisotopic (exact) mass is 288 g/mol. The summed E-state index contributed by atoms with van der Waals surface area (Å²) in [4.78, 5) is 12.2. The molecule has 108 valence electrons. The molecule has 1 aliphatic heterocycles. The van der Waals surface area contributed by atoms with Crippen molar-refractivity contribution in [1.82, 2.24) is 0 Å². The number of rotatable bonds is 1. The zero-order chi connectivity index (χ0) is 15.2. The minimum atomic E-state index is -2.74. The van der Waals surface area contributed by atoms with Crippen LogP contribution in [0.3, 0.4) is 0 Å². The SMILES string of the molecule is O=C1c2ccc(O)cc2OC(c2ccc(O)cc2)C1(O)O. The minimum Gasteiger partial charge on any atom is -0.508 e. The maximum atomic E-state index is 12.2. The van der Waals surface area contributed by atoms with Crippen molar-refractivity contribution >= 4 is 5.78 Å². The van der Waals surface area contributed by atoms with Crippen LogP contribution in [0.15, 0.2) is 42.5 Å². The van der Waals surface area contributed by atoms with Crippen LogP contribution in [0, 0.1) is 0 Å². The van der Waals surface area contributed by atoms with Gasteiger partial charge in [-0.05, 0) is 29.8 Å². The first-order valence-corrected chi connectivity index (χ1v) is 6.18. The number of aliphatic hydroxyl groups is 2. The van der Waals surface area contributed by atoms with E-state index in [1.807, 2.05) is 0 Å². The molecule has 1 atom stereocenters. The van der Waals surface area contributed by atoms with Crippen LogP contribution in [0.5, 0.6) is 17.2 Å². The molecule has 1 unspecified atom stereocenters. The maximum Gasteiger partial charge on any atom is 0.271 e. The van der Waals surface area contributed by atoms with E-state index in [9.17, 15) is 25.2 Å². The van der Waals surface area contributed by atoms with E-state index in [4.69, 9.17) is 4.74 Å². The van der Waals surface area contributed by atoms with Gasteiger partial charge in [-0.25, -0.2) is 0 Å². The van der Waals surface area contributed by atoms with Gasteiger partial charge in [0.2, 0.25) is 5.78 Å². The second-order valence-corrected chi connectivity index (χ2v) is 4.83. The minimum absolute atomic E-state index is 0.000380. The second kappa shape index (κ2) is 4.47. The average molecular weight is 288 g/mol. The molecule has 0 bridgehead atoms. The number of phenols is 2. The van der Waals surface area contributed by atoms with E-state index in [1.165, 1.54) is 42.5 Å². The Hall–Kier alpha value is -2.57. The van der Waals surface area contributed by atoms with Crippen molar-refractivity contribution in [1.29, 1.82) is 0 Å². The van der Waals surface area contributed by atoms with Crippen LogP contribution in [-0.4, -0.2) is 32.0 Å². The van der Waals surface area contributed by atoms with Crippen molar-refractivity contribution in [2.45, 2.75) is 11.9 Å². The fraction of sp³-hybridized carbons (Fsp3) is 0.133. The largest absolute Gasteiger partial charge is 0.508 e. The first kappa shape index (κ1) is 13.4. The molecule has 0 aromatic heterocycles. The van der Waals surface area contributed by atoms with Gasteiger partial charge in [-0.2, -0.15) is 0 Å². The first-order chi connectivity index (χ1) is 9.89. The van der Waals surface area contributed by atoms with Gasteiger partial charge in [-0.3, -0.25) is 4.79 Å². The summed E-state index contributed by atoms with van der Waals surface area (Å²) < 4.78 is 5.46. The van der Waals surface area contributed by atoms with Gasteiger partial charge >= 0.3 is 0 Å². The molecule has 0 saturated heterocycles. The molecule has 0 amide bonds. The number of hydrogen-bond donors (Lipinski definition) is 4. The highest BCUT2D eigenvalue weighted by atomic mass is 16.6. The molecular formula is C15H12O6. The number of hydrogen-bond acceptors (Lipinski definition) is 6. The van der Waals surface area contributed by atoms with Gasteiger partial charge in [0.25, 0.3) is 5.79 Å². The number of Topliss-reactive ketones (excluding diaryl/α,β-unsaturated/α-hetero) is 1. The lowest BCUT2D eigenvalue weighted by atomic mass is 9.90. The van der Waals surface area contributed by atoms with Crippen LogP contribution in [-0.2, 0) is 0 Å². The smallest absolute Gasteiger partial charge is 0.271 e. The molecule has 2 aromatic carbocycles. The van der Waals surface area contributed by atoms with Crippen LogP contribution in [0.4, 0.5) is 0 Å². The molecule has 6 nitrogen and oxygen atoms in total. The van der Waals surface area contributed by atoms with Crippen LogP contribution >= 0.6 is 0 Å². The van der Waals surface area contributed by atoms with Gasteiger partial charge in [-0.15, -0.1) is 0 Å². The molecule has 0 radical (unpaired) electrons. The highest BCUT2D eigenvalue weighted by Gasteiger charge is 2.50. The van der Waals surface area contributed by atoms with Gasteiger partial charge in [0.1, 0.15) is 17.2 Å². The molecule has 6 heteroatoms. The maximum absolute atomic E-state index is 12.2. The summed E-state index contributed by atoms with van der Waals surface area (Å²) in [5.74, 6) is -3.69. The number of carbonyl (C=O) groups is 1. The van der Waals surface area contributed by atoms with Crippen LogP contribution in [0.1, 0.15) is 22.0 Å². The predicted molar refractivity (Wildman–Crippen MR) is 71.1 cm³/mol. The van der Waals surface area contributed by atoms with E-state index in [-0.39, 0.29) is 22.8 Å². The fourth-order valence-electron chi connectivity index (χ4n) is 2.27. The predicted octanol–water partition coefficient (Wildman–Crippen LogP) is 1.10. The number of fused-ring (bicyclic) bond motifs is 1. The van der Waals surface area contributed by atoms with E-state index in [0.717, 1.165) is 0 Å². The highest BCUT2D eigenvalue weighted by Crippen LogP contribution is 2.41. The van der Waals surface area contributed by atoms with Crippen LogP contribution < -0.4 is 4.74 Å². The van der Waals surface area contributed by atoms with E-state index in [2.05, 4.69) is 0 Å². The fourth-order valence-corrected chi connectivity index (χ4v) is 2.27. The lowest BCUT2D eigenvalue weighted by Gasteiger charge is -2.35. The third-order valence-corrected chi connectivity index (χ3v) is 3.35. The zero-order valence-corrected chi connectivity index (χ0v) is 10.7. The van der Waals surface area contributed by atoms with Gasteiger partial charge in [0.05, 0.1) is 5.56 Å². The Balaban J connectivity index is 2.10. The van der Waals surface area contributed by atoms with E-state index in [0.29, 0.717) is 5.56 Å². The van der Waals surface area contributed by atoms with Gasteiger partial charge < -0.3 is 25.2 Å². The Bertz CT molecular complexity index is 705. The summed E-state index contributed by atoms with van der Waals surface area (Å²) in [7, 11) is 0. The number of carbonyl (C=O) groups excluding carboxylic acids is 1. The van der Waals surface area contributed by atoms with Crippen molar-refractivity contribution in [3.05, 3.63) is 53.6 Å². The standard InChI is InChI=1S/C15H12O6/c16-9-3-1-8(2-4-9)14-15(19,20)13(18)11-6-5-10(17)7-12(11)21-14/h1-7,14,16-17,19-20H. The van der Waals surface area contributed by atoms with E-state index in [1.54, 1.807) is 0 Å². The zero-order valence-electron chi connectivity index (χ0n) is 10.7. The first-order valence-electron chi connectivity index (χ1n) is 6.18. The second-order valence-electron chi connectivity index (χ2n) is 4.83. The summed E-state index contributed by atoms with van der Waals surface area (Å²) >= 11 is 0. The Labute approximate surface area is 119 Å². The van der Waals surface area contributed by atoms with Crippen molar-refractivity contribution in [3.8, 4) is 17.2 Å². The third kappa shape index (κ3) is 2.10. The summed E-state index contributed by atoms with van der Waals surface area (Å²) in [6.45, 7) is 0. The molecule has 0 spiro atoms. The molecule has 0 aliphatic carbocycles. The summed E-state index contributed by atoms with van der Waals surface area (Å²) in [6, 6.07) is 9.28. The van der Waals surface area contributed by atoms with Gasteiger partial charge in [-0.1, -0.05) is 12.1 Å².